The van der Waals surface area contributed by atoms with E-state index in [9.17, 15) is 10.4 Å². The lowest BCUT2D eigenvalue weighted by Gasteiger charge is -2.50. The monoisotopic (exact) mass is 469 g/mol. The lowest BCUT2D eigenvalue weighted by molar-refractivity contribution is -0.0715. The van der Waals surface area contributed by atoms with Crippen LogP contribution in [0.4, 0.5) is 0 Å². The predicted octanol–water partition coefficient (Wildman–Crippen LogP) is 6.07. The molecule has 1 fully saturated rings. The molecule has 0 bridgehead atoms. The largest absolute Gasteiger partial charge is 0.373 e. The number of hydrogen-bond donors (Lipinski definition) is 2. The van der Waals surface area contributed by atoms with Gasteiger partial charge in [-0.25, -0.2) is 0 Å². The van der Waals surface area contributed by atoms with Crippen LogP contribution in [0, 0.1) is 23.2 Å². The number of allylic oxidation sites excluding steroid dienone is 6. The van der Waals surface area contributed by atoms with E-state index in [1.807, 2.05) is 31.3 Å². The Morgan fingerprint density at radius 3 is 2.88 bits per heavy atom. The van der Waals surface area contributed by atoms with Gasteiger partial charge in [0.1, 0.15) is 12.0 Å². The quantitative estimate of drug-likeness (QED) is 0.522. The van der Waals surface area contributed by atoms with E-state index >= 15 is 0 Å². The second-order valence-corrected chi connectivity index (χ2v) is 10.2. The summed E-state index contributed by atoms with van der Waals surface area (Å²) in [6.45, 7) is 8.18. The molecule has 4 rings (SSSR count). The van der Waals surface area contributed by atoms with Crippen LogP contribution in [0.15, 0.2) is 89.8 Å². The highest BCUT2D eigenvalue weighted by molar-refractivity contribution is 7.10. The molecule has 5 heteroatoms. The lowest BCUT2D eigenvalue weighted by Crippen LogP contribution is -2.60. The van der Waals surface area contributed by atoms with Crippen LogP contribution in [0.2, 0.25) is 0 Å². The van der Waals surface area contributed by atoms with Gasteiger partial charge in [0, 0.05) is 17.8 Å². The van der Waals surface area contributed by atoms with Gasteiger partial charge in [0.05, 0.1) is 17.2 Å². The van der Waals surface area contributed by atoms with Crippen molar-refractivity contribution in [3.05, 3.63) is 100 Å². The highest BCUT2D eigenvalue weighted by atomic mass is 32.1. The minimum absolute atomic E-state index is 0.102. The Bertz CT molecular complexity index is 1240. The zero-order chi connectivity index (χ0) is 24.3. The Hall–Kier alpha value is -3.29. The third-order valence-corrected chi connectivity index (χ3v) is 8.04. The molecule has 1 aliphatic heterocycles. The van der Waals surface area contributed by atoms with Crippen LogP contribution < -0.4 is 5.32 Å². The Morgan fingerprint density at radius 2 is 2.18 bits per heavy atom. The number of aliphatic hydroxyl groups is 1. The van der Waals surface area contributed by atoms with Crippen molar-refractivity contribution < 1.29 is 5.11 Å². The Morgan fingerprint density at radius 1 is 1.35 bits per heavy atom. The molecule has 1 saturated heterocycles. The van der Waals surface area contributed by atoms with E-state index in [0.717, 1.165) is 22.4 Å². The lowest BCUT2D eigenvalue weighted by atomic mass is 9.78. The third kappa shape index (κ3) is 4.67. The van der Waals surface area contributed by atoms with E-state index < -0.39 is 11.8 Å². The van der Waals surface area contributed by atoms with Crippen molar-refractivity contribution in [1.29, 1.82) is 5.26 Å². The maximum absolute atomic E-state index is 11.3. The number of nitrogens with one attached hydrogen (secondary N) is 1. The van der Waals surface area contributed by atoms with Gasteiger partial charge in [-0.15, -0.1) is 11.3 Å². The van der Waals surface area contributed by atoms with Crippen molar-refractivity contribution in [3.63, 3.8) is 0 Å². The topological polar surface area (TPSA) is 59.3 Å². The zero-order valence-corrected chi connectivity index (χ0v) is 20.8. The van der Waals surface area contributed by atoms with Crippen LogP contribution in [0.5, 0.6) is 0 Å². The summed E-state index contributed by atoms with van der Waals surface area (Å²) in [6, 6.07) is 12.0. The summed E-state index contributed by atoms with van der Waals surface area (Å²) in [7, 11) is 1.86. The van der Waals surface area contributed by atoms with Gasteiger partial charge in [-0.2, -0.15) is 5.26 Å². The maximum atomic E-state index is 11.3. The molecular weight excluding hydrogens is 438 g/mol. The molecule has 1 aromatic heterocycles. The molecule has 0 spiro atoms. The van der Waals surface area contributed by atoms with E-state index in [1.54, 1.807) is 16.2 Å². The molecule has 0 saturated carbocycles. The summed E-state index contributed by atoms with van der Waals surface area (Å²) >= 11 is 1.66. The molecule has 0 amide bonds. The van der Waals surface area contributed by atoms with Crippen molar-refractivity contribution in [3.8, 4) is 17.2 Å². The van der Waals surface area contributed by atoms with E-state index in [1.165, 1.54) is 5.57 Å². The van der Waals surface area contributed by atoms with Crippen LogP contribution in [0.1, 0.15) is 37.1 Å². The number of nitrogens with zero attached hydrogens (tertiary/aromatic N) is 2. The highest BCUT2D eigenvalue weighted by Gasteiger charge is 2.47. The molecule has 1 aromatic carbocycles. The van der Waals surface area contributed by atoms with Crippen LogP contribution in [-0.2, 0) is 5.54 Å². The summed E-state index contributed by atoms with van der Waals surface area (Å²) in [4.78, 5) is 2.92. The van der Waals surface area contributed by atoms with Gasteiger partial charge in [0.15, 0.2) is 0 Å². The molecular formula is C29H31N3OS. The first-order valence-corrected chi connectivity index (χ1v) is 12.5. The highest BCUT2D eigenvalue weighted by Crippen LogP contribution is 2.44. The van der Waals surface area contributed by atoms with E-state index in [4.69, 9.17) is 0 Å². The molecule has 34 heavy (non-hydrogen) atoms. The summed E-state index contributed by atoms with van der Waals surface area (Å²) < 4.78 is 0. The zero-order valence-electron chi connectivity index (χ0n) is 20.0. The maximum Gasteiger partial charge on any atom is 0.148 e. The number of benzene rings is 1. The van der Waals surface area contributed by atoms with Crippen molar-refractivity contribution in [2.24, 2.45) is 11.8 Å². The standard InChI is InChI=1S/C29H31N3OS/c1-5-27-31-29(3,26-17-24(19-34-26)23-10-6-9-22(16-23)18-30)25(28(33)32(27)4)11-7-8-21-14-12-20(2)13-15-21/h6-10,12,14-17,19-20,25,28,31,33H,1,11,13H2,2-4H3/b8-7+/t20?,25?,28?,29-/m0/s1. The molecule has 2 aromatic rings. The van der Waals surface area contributed by atoms with Gasteiger partial charge in [0.25, 0.3) is 0 Å². The molecule has 2 heterocycles. The smallest absolute Gasteiger partial charge is 0.148 e. The van der Waals surface area contributed by atoms with Crippen LogP contribution in [0.3, 0.4) is 0 Å². The minimum atomic E-state index is -0.691. The van der Waals surface area contributed by atoms with Crippen molar-refractivity contribution in [2.45, 2.75) is 38.5 Å². The molecule has 2 N–H and O–H groups in total. The first-order chi connectivity index (χ1) is 16.4. The molecule has 2 aliphatic rings. The van der Waals surface area contributed by atoms with Gasteiger partial charge < -0.3 is 15.3 Å². The van der Waals surface area contributed by atoms with Crippen LogP contribution in [-0.4, -0.2) is 23.3 Å². The van der Waals surface area contributed by atoms with E-state index in [0.29, 0.717) is 23.7 Å². The number of thiophene rings is 1. The molecule has 4 nitrogen and oxygen atoms in total. The fraction of sp³-hybridized carbons (Fsp3) is 0.310. The average Bonchev–Trinajstić information content (AvgIpc) is 3.36. The van der Waals surface area contributed by atoms with Crippen LogP contribution >= 0.6 is 11.3 Å². The fourth-order valence-electron chi connectivity index (χ4n) is 4.64. The predicted molar refractivity (Wildman–Crippen MR) is 140 cm³/mol. The molecule has 3 unspecified atom stereocenters. The van der Waals surface area contributed by atoms with Gasteiger partial charge >= 0.3 is 0 Å². The van der Waals surface area contributed by atoms with Crippen LogP contribution in [0.25, 0.3) is 11.1 Å². The Balaban J connectivity index is 1.65. The summed E-state index contributed by atoms with van der Waals surface area (Å²) in [5, 5.41) is 26.3. The van der Waals surface area contributed by atoms with Gasteiger partial charge in [0.2, 0.25) is 0 Å². The summed E-state index contributed by atoms with van der Waals surface area (Å²) in [6.07, 6.45) is 12.1. The van der Waals surface area contributed by atoms with Crippen molar-refractivity contribution in [2.75, 3.05) is 7.05 Å². The second-order valence-electron chi connectivity index (χ2n) is 9.29. The first-order valence-electron chi connectivity index (χ1n) is 11.6. The third-order valence-electron chi connectivity index (χ3n) is 6.88. The normalized spacial score (nSPS) is 26.7. The summed E-state index contributed by atoms with van der Waals surface area (Å²) in [5.41, 5.74) is 6.37. The molecule has 1 aliphatic carbocycles. The molecule has 174 valence electrons. The number of nitriles is 1. The SMILES string of the molecule is C=C=C1N[C@](C)(c2cc(-c3cccc(C#N)c3)cs2)C(C/C=C/C2=CCC(C)C=C2)C(O)N1C. The summed E-state index contributed by atoms with van der Waals surface area (Å²) in [5.74, 6) is 1.17. The minimum Gasteiger partial charge on any atom is -0.373 e. The number of aliphatic hydroxyl groups excluding tert-OH is 1. The Kier molecular flexibility index (Phi) is 6.95. The van der Waals surface area contributed by atoms with Gasteiger partial charge in [-0.3, -0.25) is 0 Å². The van der Waals surface area contributed by atoms with Gasteiger partial charge in [-0.05, 0) is 66.0 Å². The first kappa shape index (κ1) is 23.9. The number of hydrogen-bond acceptors (Lipinski definition) is 5. The molecule has 0 radical (unpaired) electrons. The fourth-order valence-corrected chi connectivity index (χ4v) is 5.74. The Labute approximate surface area is 206 Å². The number of rotatable bonds is 5. The van der Waals surface area contributed by atoms with Crippen molar-refractivity contribution in [1.82, 2.24) is 10.2 Å². The van der Waals surface area contributed by atoms with E-state index in [-0.39, 0.29) is 5.92 Å². The van der Waals surface area contributed by atoms with Crippen molar-refractivity contribution >= 4 is 11.3 Å². The second kappa shape index (κ2) is 9.91. The molecule has 4 atom stereocenters. The van der Waals surface area contributed by atoms with E-state index in [2.05, 4.69) is 79.4 Å². The van der Waals surface area contributed by atoms with Gasteiger partial charge in [-0.1, -0.05) is 61.7 Å². The average molecular weight is 470 g/mol.